The maximum Gasteiger partial charge on any atom is 0.121 e. The quantitative estimate of drug-likeness (QED) is 0.597. The topological polar surface area (TPSA) is 52.5 Å². The lowest BCUT2D eigenvalue weighted by atomic mass is 10.3. The number of anilines is 1. The van der Waals surface area contributed by atoms with Crippen molar-refractivity contribution in [1.29, 1.82) is 0 Å². The Morgan fingerprint density at radius 1 is 1.25 bits per heavy atom. The molecular formula is C9H11NO2. The predicted molar refractivity (Wildman–Crippen MR) is 48.5 cm³/mol. The fourth-order valence-corrected chi connectivity index (χ4v) is 0.887. The van der Waals surface area contributed by atoms with E-state index in [-0.39, 0.29) is 11.5 Å². The van der Waals surface area contributed by atoms with Gasteiger partial charge in [-0.1, -0.05) is 6.08 Å². The molecule has 0 aliphatic rings. The maximum absolute atomic E-state index is 9.07. The Kier molecular flexibility index (Phi) is 2.58. The standard InChI is InChI=1S/C9H11NO2/c1-2-3-10-7-4-8(11)6-9(12)5-7/h2,4-6,10-12H,1,3H2. The van der Waals surface area contributed by atoms with E-state index >= 15 is 0 Å². The van der Waals surface area contributed by atoms with Crippen LogP contribution in [0.1, 0.15) is 0 Å². The van der Waals surface area contributed by atoms with Crippen molar-refractivity contribution in [3.05, 3.63) is 30.9 Å². The van der Waals surface area contributed by atoms with Gasteiger partial charge in [0.05, 0.1) is 0 Å². The van der Waals surface area contributed by atoms with Crippen LogP contribution in [0.4, 0.5) is 5.69 Å². The molecule has 0 amide bonds. The molecule has 3 N–H and O–H groups in total. The van der Waals surface area contributed by atoms with Crippen LogP contribution in [0.25, 0.3) is 0 Å². The van der Waals surface area contributed by atoms with Crippen molar-refractivity contribution in [3.8, 4) is 11.5 Å². The first-order chi connectivity index (χ1) is 5.72. The molecule has 1 aromatic rings. The Morgan fingerprint density at radius 3 is 2.33 bits per heavy atom. The summed E-state index contributed by atoms with van der Waals surface area (Å²) in [5, 5.41) is 21.1. The number of phenolic OH excluding ortho intramolecular Hbond substituents is 2. The Balaban J connectivity index is 2.78. The molecule has 3 nitrogen and oxygen atoms in total. The lowest BCUT2D eigenvalue weighted by molar-refractivity contribution is 0.451. The first-order valence-corrected chi connectivity index (χ1v) is 3.60. The Hall–Kier alpha value is -1.64. The summed E-state index contributed by atoms with van der Waals surface area (Å²) >= 11 is 0. The zero-order chi connectivity index (χ0) is 8.97. The second-order valence-electron chi connectivity index (χ2n) is 2.41. The van der Waals surface area contributed by atoms with Gasteiger partial charge in [0.2, 0.25) is 0 Å². The minimum atomic E-state index is 0.0431. The van der Waals surface area contributed by atoms with Gasteiger partial charge in [0.25, 0.3) is 0 Å². The Labute approximate surface area is 71.0 Å². The fraction of sp³-hybridized carbons (Fsp3) is 0.111. The molecule has 0 aliphatic carbocycles. The van der Waals surface area contributed by atoms with E-state index in [0.717, 1.165) is 0 Å². The summed E-state index contributed by atoms with van der Waals surface area (Å²) in [4.78, 5) is 0. The molecule has 64 valence electrons. The third-order valence-corrected chi connectivity index (χ3v) is 1.35. The zero-order valence-electron chi connectivity index (χ0n) is 6.62. The zero-order valence-corrected chi connectivity index (χ0v) is 6.62. The summed E-state index contributed by atoms with van der Waals surface area (Å²) in [6.45, 7) is 4.13. The van der Waals surface area contributed by atoms with E-state index in [1.807, 2.05) is 0 Å². The van der Waals surface area contributed by atoms with Crippen LogP contribution in [0.3, 0.4) is 0 Å². The Bertz CT molecular complexity index is 264. The highest BCUT2D eigenvalue weighted by atomic mass is 16.3. The van der Waals surface area contributed by atoms with E-state index in [2.05, 4.69) is 11.9 Å². The lowest BCUT2D eigenvalue weighted by Crippen LogP contribution is -1.96. The van der Waals surface area contributed by atoms with Crippen LogP contribution in [-0.2, 0) is 0 Å². The van der Waals surface area contributed by atoms with Crippen molar-refractivity contribution in [2.75, 3.05) is 11.9 Å². The van der Waals surface area contributed by atoms with Gasteiger partial charge in [-0.05, 0) is 0 Å². The van der Waals surface area contributed by atoms with Crippen molar-refractivity contribution in [2.24, 2.45) is 0 Å². The van der Waals surface area contributed by atoms with E-state index < -0.39 is 0 Å². The van der Waals surface area contributed by atoms with Gasteiger partial charge < -0.3 is 15.5 Å². The van der Waals surface area contributed by atoms with Crippen LogP contribution in [0.2, 0.25) is 0 Å². The number of phenols is 2. The molecule has 0 saturated heterocycles. The van der Waals surface area contributed by atoms with Crippen molar-refractivity contribution >= 4 is 5.69 Å². The molecule has 0 bridgehead atoms. The van der Waals surface area contributed by atoms with Crippen molar-refractivity contribution in [2.45, 2.75) is 0 Å². The normalized spacial score (nSPS) is 9.33. The van der Waals surface area contributed by atoms with E-state index in [4.69, 9.17) is 10.2 Å². The molecule has 0 unspecified atom stereocenters. The average molecular weight is 165 g/mol. The first-order valence-electron chi connectivity index (χ1n) is 3.60. The van der Waals surface area contributed by atoms with E-state index in [9.17, 15) is 0 Å². The second kappa shape index (κ2) is 3.67. The van der Waals surface area contributed by atoms with Crippen LogP contribution in [0.5, 0.6) is 11.5 Å². The van der Waals surface area contributed by atoms with Gasteiger partial charge in [0.15, 0.2) is 0 Å². The van der Waals surface area contributed by atoms with Crippen molar-refractivity contribution in [1.82, 2.24) is 0 Å². The minimum absolute atomic E-state index is 0.0431. The third kappa shape index (κ3) is 2.20. The summed E-state index contributed by atoms with van der Waals surface area (Å²) in [5.74, 6) is 0.0862. The SMILES string of the molecule is C=CCNc1cc(O)cc(O)c1. The summed E-state index contributed by atoms with van der Waals surface area (Å²) < 4.78 is 0. The monoisotopic (exact) mass is 165 g/mol. The van der Waals surface area contributed by atoms with E-state index in [1.54, 1.807) is 6.08 Å². The van der Waals surface area contributed by atoms with Gasteiger partial charge in [0, 0.05) is 30.4 Å². The predicted octanol–water partition coefficient (Wildman–Crippen LogP) is 1.70. The van der Waals surface area contributed by atoms with Gasteiger partial charge in [0.1, 0.15) is 11.5 Å². The van der Waals surface area contributed by atoms with Crippen LogP contribution < -0.4 is 5.32 Å². The first kappa shape index (κ1) is 8.46. The van der Waals surface area contributed by atoms with Crippen LogP contribution >= 0.6 is 0 Å². The Morgan fingerprint density at radius 2 is 1.83 bits per heavy atom. The minimum Gasteiger partial charge on any atom is -0.508 e. The van der Waals surface area contributed by atoms with Crippen LogP contribution in [0.15, 0.2) is 30.9 Å². The summed E-state index contributed by atoms with van der Waals surface area (Å²) in [6, 6.07) is 4.34. The number of hydrogen-bond acceptors (Lipinski definition) is 3. The summed E-state index contributed by atoms with van der Waals surface area (Å²) in [6.07, 6.45) is 1.70. The molecule has 0 fully saturated rings. The number of hydrogen-bond donors (Lipinski definition) is 3. The summed E-state index contributed by atoms with van der Waals surface area (Å²) in [7, 11) is 0. The van der Waals surface area contributed by atoms with Crippen molar-refractivity contribution in [3.63, 3.8) is 0 Å². The van der Waals surface area contributed by atoms with Gasteiger partial charge in [-0.3, -0.25) is 0 Å². The molecule has 0 saturated carbocycles. The molecule has 0 radical (unpaired) electrons. The van der Waals surface area contributed by atoms with Crippen molar-refractivity contribution < 1.29 is 10.2 Å². The number of aromatic hydroxyl groups is 2. The molecule has 0 heterocycles. The second-order valence-corrected chi connectivity index (χ2v) is 2.41. The highest BCUT2D eigenvalue weighted by molar-refractivity contribution is 5.53. The molecule has 12 heavy (non-hydrogen) atoms. The smallest absolute Gasteiger partial charge is 0.121 e. The van der Waals surface area contributed by atoms with Gasteiger partial charge in [-0.2, -0.15) is 0 Å². The molecule has 1 rings (SSSR count). The molecular weight excluding hydrogens is 154 g/mol. The number of rotatable bonds is 3. The van der Waals surface area contributed by atoms with E-state index in [0.29, 0.717) is 12.2 Å². The lowest BCUT2D eigenvalue weighted by Gasteiger charge is -2.04. The number of benzene rings is 1. The van der Waals surface area contributed by atoms with Gasteiger partial charge in [-0.25, -0.2) is 0 Å². The van der Waals surface area contributed by atoms with Gasteiger partial charge >= 0.3 is 0 Å². The average Bonchev–Trinajstić information content (AvgIpc) is 1.99. The highest BCUT2D eigenvalue weighted by Crippen LogP contribution is 2.23. The summed E-state index contributed by atoms with van der Waals surface area (Å²) in [5.41, 5.74) is 0.674. The molecule has 3 heteroatoms. The molecule has 0 atom stereocenters. The van der Waals surface area contributed by atoms with Crippen LogP contribution in [-0.4, -0.2) is 16.8 Å². The van der Waals surface area contributed by atoms with Crippen LogP contribution in [0, 0.1) is 0 Å². The maximum atomic E-state index is 9.07. The molecule has 0 aliphatic heterocycles. The fourth-order valence-electron chi connectivity index (χ4n) is 0.887. The largest absolute Gasteiger partial charge is 0.508 e. The highest BCUT2D eigenvalue weighted by Gasteiger charge is 1.96. The number of nitrogens with one attached hydrogen (secondary N) is 1. The van der Waals surface area contributed by atoms with E-state index in [1.165, 1.54) is 18.2 Å². The molecule has 1 aromatic carbocycles. The third-order valence-electron chi connectivity index (χ3n) is 1.35. The molecule has 0 spiro atoms. The van der Waals surface area contributed by atoms with Gasteiger partial charge in [-0.15, -0.1) is 6.58 Å². The molecule has 0 aromatic heterocycles.